The van der Waals surface area contributed by atoms with Gasteiger partial charge in [0, 0.05) is 31.4 Å². The average Bonchev–Trinajstić information content (AvgIpc) is 3.01. The number of aryl methyl sites for hydroxylation is 1. The number of hydrogen-bond donors (Lipinski definition) is 0. The lowest BCUT2D eigenvalue weighted by atomic mass is 10.0. The van der Waals surface area contributed by atoms with Crippen LogP contribution in [-0.4, -0.2) is 52.3 Å². The van der Waals surface area contributed by atoms with Gasteiger partial charge in [-0.25, -0.2) is 4.68 Å². The van der Waals surface area contributed by atoms with E-state index in [0.717, 1.165) is 24.1 Å². The van der Waals surface area contributed by atoms with Gasteiger partial charge in [-0.3, -0.25) is 9.59 Å². The summed E-state index contributed by atoms with van der Waals surface area (Å²) in [5, 5.41) is 8.46. The Hall–Kier alpha value is -2.41. The fraction of sp³-hybridized carbons (Fsp3) is 0.375. The molecular formula is C16H18ClN5O2. The molecule has 0 radical (unpaired) electrons. The highest BCUT2D eigenvalue weighted by atomic mass is 35.5. The largest absolute Gasteiger partial charge is 0.347 e. The second kappa shape index (κ2) is 6.60. The van der Waals surface area contributed by atoms with Crippen LogP contribution in [0.4, 0.5) is 5.69 Å². The molecule has 1 aromatic carbocycles. The molecule has 0 aliphatic carbocycles. The topological polar surface area (TPSA) is 71.3 Å². The van der Waals surface area contributed by atoms with Crippen LogP contribution in [0.15, 0.2) is 24.4 Å². The maximum atomic E-state index is 12.8. The van der Waals surface area contributed by atoms with E-state index < -0.39 is 0 Å². The van der Waals surface area contributed by atoms with Crippen molar-refractivity contribution in [1.82, 2.24) is 19.9 Å². The molecule has 0 atom stereocenters. The van der Waals surface area contributed by atoms with Crippen molar-refractivity contribution in [3.63, 3.8) is 0 Å². The van der Waals surface area contributed by atoms with E-state index in [1.807, 2.05) is 12.1 Å². The minimum absolute atomic E-state index is 0.0550. The highest BCUT2D eigenvalue weighted by Gasteiger charge is 2.26. The number of fused-ring (bicyclic) bond motifs is 1. The summed E-state index contributed by atoms with van der Waals surface area (Å²) in [7, 11) is 3.34. The van der Waals surface area contributed by atoms with Crippen LogP contribution in [0.3, 0.4) is 0 Å². The van der Waals surface area contributed by atoms with E-state index in [1.165, 1.54) is 15.8 Å². The molecule has 7 nitrogen and oxygen atoms in total. The van der Waals surface area contributed by atoms with Crippen molar-refractivity contribution in [2.75, 3.05) is 25.5 Å². The summed E-state index contributed by atoms with van der Waals surface area (Å²) < 4.78 is 1.38. The number of aromatic nitrogens is 3. The number of anilines is 1. The van der Waals surface area contributed by atoms with Crippen molar-refractivity contribution in [2.45, 2.75) is 19.4 Å². The first-order valence-corrected chi connectivity index (χ1v) is 8.04. The normalized spacial score (nSPS) is 13.5. The number of amides is 2. The number of halogens is 1. The van der Waals surface area contributed by atoms with E-state index in [4.69, 9.17) is 11.6 Å². The number of likely N-dealkylation sites (N-methyl/N-ethyl adjacent to an activating group) is 1. The predicted molar refractivity (Wildman–Crippen MR) is 90.2 cm³/mol. The van der Waals surface area contributed by atoms with Gasteiger partial charge in [-0.05, 0) is 36.6 Å². The monoisotopic (exact) mass is 347 g/mol. The van der Waals surface area contributed by atoms with Crippen LogP contribution in [0.5, 0.6) is 0 Å². The quantitative estimate of drug-likeness (QED) is 0.845. The molecule has 0 fully saturated rings. The molecule has 2 heterocycles. The molecule has 1 aliphatic rings. The second-order valence-corrected chi connectivity index (χ2v) is 6.36. The van der Waals surface area contributed by atoms with Crippen molar-refractivity contribution >= 4 is 29.1 Å². The van der Waals surface area contributed by atoms with Crippen LogP contribution in [0.2, 0.25) is 5.02 Å². The highest BCUT2D eigenvalue weighted by molar-refractivity contribution is 6.30. The predicted octanol–water partition coefficient (Wildman–Crippen LogP) is 1.61. The number of rotatable bonds is 3. The fourth-order valence-corrected chi connectivity index (χ4v) is 2.86. The first-order valence-electron chi connectivity index (χ1n) is 7.66. The molecule has 1 aliphatic heterocycles. The van der Waals surface area contributed by atoms with Gasteiger partial charge in [0.05, 0.1) is 6.20 Å². The van der Waals surface area contributed by atoms with Gasteiger partial charge in [0.25, 0.3) is 5.91 Å². The average molecular weight is 348 g/mol. The molecule has 8 heteroatoms. The Morgan fingerprint density at radius 3 is 2.88 bits per heavy atom. The van der Waals surface area contributed by atoms with E-state index >= 15 is 0 Å². The summed E-state index contributed by atoms with van der Waals surface area (Å²) in [6, 6.07) is 5.52. The zero-order valence-electron chi connectivity index (χ0n) is 13.6. The van der Waals surface area contributed by atoms with Gasteiger partial charge in [0.15, 0.2) is 5.69 Å². The minimum Gasteiger partial charge on any atom is -0.347 e. The minimum atomic E-state index is -0.221. The van der Waals surface area contributed by atoms with Crippen LogP contribution in [0.25, 0.3) is 0 Å². The summed E-state index contributed by atoms with van der Waals surface area (Å²) in [5.74, 6) is -0.335. The number of nitrogens with zero attached hydrogens (tertiary/aromatic N) is 5. The van der Waals surface area contributed by atoms with Crippen LogP contribution in [0, 0.1) is 0 Å². The number of carbonyl (C=O) groups is 2. The SMILES string of the molecule is CN(C)C(=O)Cn1cc(C(=O)N2CCCc3cc(Cl)ccc32)nn1. The van der Waals surface area contributed by atoms with Gasteiger partial charge in [0.2, 0.25) is 5.91 Å². The first kappa shape index (κ1) is 16.4. The molecule has 2 amide bonds. The Morgan fingerprint density at radius 1 is 1.33 bits per heavy atom. The molecule has 0 bridgehead atoms. The molecule has 0 saturated carbocycles. The molecular weight excluding hydrogens is 330 g/mol. The van der Waals surface area contributed by atoms with Gasteiger partial charge in [-0.15, -0.1) is 5.10 Å². The third kappa shape index (κ3) is 3.26. The summed E-state index contributed by atoms with van der Waals surface area (Å²) >= 11 is 6.03. The Bertz CT molecular complexity index is 787. The van der Waals surface area contributed by atoms with Crippen LogP contribution in [-0.2, 0) is 17.8 Å². The molecule has 1 aromatic heterocycles. The lowest BCUT2D eigenvalue weighted by Gasteiger charge is -2.28. The highest BCUT2D eigenvalue weighted by Crippen LogP contribution is 2.30. The smallest absolute Gasteiger partial charge is 0.280 e. The van der Waals surface area contributed by atoms with E-state index in [2.05, 4.69) is 10.3 Å². The van der Waals surface area contributed by atoms with Crippen molar-refractivity contribution in [2.24, 2.45) is 0 Å². The molecule has 2 aromatic rings. The summed E-state index contributed by atoms with van der Waals surface area (Å²) in [6.45, 7) is 0.677. The van der Waals surface area contributed by atoms with Crippen LogP contribution >= 0.6 is 11.6 Å². The van der Waals surface area contributed by atoms with Gasteiger partial charge in [0.1, 0.15) is 6.54 Å². The summed E-state index contributed by atoms with van der Waals surface area (Å²) in [5.41, 5.74) is 2.14. The maximum Gasteiger partial charge on any atom is 0.280 e. The molecule has 24 heavy (non-hydrogen) atoms. The Kier molecular flexibility index (Phi) is 4.53. The lowest BCUT2D eigenvalue weighted by molar-refractivity contribution is -0.129. The van der Waals surface area contributed by atoms with Crippen LogP contribution in [0.1, 0.15) is 22.5 Å². The van der Waals surface area contributed by atoms with Gasteiger partial charge < -0.3 is 9.80 Å². The van der Waals surface area contributed by atoms with Crippen molar-refractivity contribution in [3.05, 3.63) is 40.7 Å². The Morgan fingerprint density at radius 2 is 2.12 bits per heavy atom. The number of carbonyl (C=O) groups excluding carboxylic acids is 2. The van der Waals surface area contributed by atoms with Crippen LogP contribution < -0.4 is 4.90 Å². The van der Waals surface area contributed by atoms with Crippen molar-refractivity contribution in [1.29, 1.82) is 0 Å². The van der Waals surface area contributed by atoms with E-state index in [9.17, 15) is 9.59 Å². The van der Waals surface area contributed by atoms with Crippen molar-refractivity contribution < 1.29 is 9.59 Å². The number of benzene rings is 1. The van der Waals surface area contributed by atoms with E-state index in [0.29, 0.717) is 11.6 Å². The fourth-order valence-electron chi connectivity index (χ4n) is 2.67. The summed E-state index contributed by atoms with van der Waals surface area (Å²) in [4.78, 5) is 27.6. The third-order valence-electron chi connectivity index (χ3n) is 3.96. The first-order chi connectivity index (χ1) is 11.5. The zero-order chi connectivity index (χ0) is 17.3. The van der Waals surface area contributed by atoms with Gasteiger partial charge in [-0.2, -0.15) is 0 Å². The second-order valence-electron chi connectivity index (χ2n) is 5.92. The van der Waals surface area contributed by atoms with Gasteiger partial charge in [-0.1, -0.05) is 16.8 Å². The molecule has 0 N–H and O–H groups in total. The van der Waals surface area contributed by atoms with Gasteiger partial charge >= 0.3 is 0 Å². The van der Waals surface area contributed by atoms with Crippen molar-refractivity contribution in [3.8, 4) is 0 Å². The van der Waals surface area contributed by atoms with E-state index in [-0.39, 0.29) is 24.1 Å². The lowest BCUT2D eigenvalue weighted by Crippen LogP contribution is -2.35. The summed E-state index contributed by atoms with van der Waals surface area (Å²) in [6.07, 6.45) is 3.27. The zero-order valence-corrected chi connectivity index (χ0v) is 14.3. The molecule has 0 unspecified atom stereocenters. The molecule has 0 spiro atoms. The Balaban J connectivity index is 1.81. The maximum absolute atomic E-state index is 12.8. The standard InChI is InChI=1S/C16H18ClN5O2/c1-20(2)15(23)10-21-9-13(18-19-21)16(24)22-7-3-4-11-8-12(17)5-6-14(11)22/h5-6,8-9H,3-4,7,10H2,1-2H3. The molecule has 0 saturated heterocycles. The third-order valence-corrected chi connectivity index (χ3v) is 4.19. The molecule has 126 valence electrons. The Labute approximate surface area is 144 Å². The number of hydrogen-bond acceptors (Lipinski definition) is 4. The molecule has 3 rings (SSSR count). The van der Waals surface area contributed by atoms with E-state index in [1.54, 1.807) is 25.1 Å².